The minimum atomic E-state index is 0.00647. The number of rotatable bonds is 5. The van der Waals surface area contributed by atoms with Crippen LogP contribution in [0, 0.1) is 6.92 Å². The van der Waals surface area contributed by atoms with E-state index in [4.69, 9.17) is 0 Å². The SMILES string of the molecule is Cc1cnc(C2CC2)n1CCNC(=O)c1ccsc1. The molecule has 3 rings (SSSR count). The molecule has 0 aliphatic heterocycles. The average Bonchev–Trinajstić information content (AvgIpc) is 2.97. The Balaban J connectivity index is 1.58. The van der Waals surface area contributed by atoms with Crippen molar-refractivity contribution in [3.8, 4) is 0 Å². The quantitative estimate of drug-likeness (QED) is 0.911. The number of nitrogens with one attached hydrogen (secondary N) is 1. The van der Waals surface area contributed by atoms with Crippen molar-refractivity contribution in [1.82, 2.24) is 14.9 Å². The third-order valence-electron chi connectivity index (χ3n) is 3.43. The topological polar surface area (TPSA) is 46.9 Å². The molecule has 5 heteroatoms. The molecule has 100 valence electrons. The molecule has 0 saturated heterocycles. The summed E-state index contributed by atoms with van der Waals surface area (Å²) < 4.78 is 2.23. The van der Waals surface area contributed by atoms with Gasteiger partial charge in [-0.25, -0.2) is 4.98 Å². The summed E-state index contributed by atoms with van der Waals surface area (Å²) in [5, 5.41) is 6.74. The van der Waals surface area contributed by atoms with Crippen LogP contribution in [0.5, 0.6) is 0 Å². The first kappa shape index (κ1) is 12.4. The molecule has 1 N–H and O–H groups in total. The third kappa shape index (κ3) is 2.71. The minimum Gasteiger partial charge on any atom is -0.350 e. The van der Waals surface area contributed by atoms with Gasteiger partial charge in [-0.05, 0) is 31.2 Å². The number of aryl methyl sites for hydroxylation is 1. The van der Waals surface area contributed by atoms with Crippen LogP contribution in [-0.2, 0) is 6.54 Å². The highest BCUT2D eigenvalue weighted by Gasteiger charge is 2.28. The van der Waals surface area contributed by atoms with Gasteiger partial charge in [-0.15, -0.1) is 0 Å². The molecule has 2 aromatic rings. The van der Waals surface area contributed by atoms with E-state index in [1.165, 1.54) is 24.4 Å². The lowest BCUT2D eigenvalue weighted by Gasteiger charge is -2.10. The zero-order chi connectivity index (χ0) is 13.2. The van der Waals surface area contributed by atoms with Crippen LogP contribution in [0.25, 0.3) is 0 Å². The summed E-state index contributed by atoms with van der Waals surface area (Å²) in [6.07, 6.45) is 4.42. The molecule has 2 aromatic heterocycles. The maximum absolute atomic E-state index is 11.8. The highest BCUT2D eigenvalue weighted by Crippen LogP contribution is 2.39. The van der Waals surface area contributed by atoms with E-state index in [2.05, 4.69) is 21.8 Å². The Bertz CT molecular complexity index is 570. The Hall–Kier alpha value is -1.62. The number of aromatic nitrogens is 2. The Morgan fingerprint density at radius 1 is 1.58 bits per heavy atom. The molecular formula is C14H17N3OS. The molecule has 19 heavy (non-hydrogen) atoms. The van der Waals surface area contributed by atoms with Crippen molar-refractivity contribution in [2.24, 2.45) is 0 Å². The van der Waals surface area contributed by atoms with Crippen LogP contribution in [0.1, 0.15) is 40.6 Å². The van der Waals surface area contributed by atoms with Crippen LogP contribution in [0.15, 0.2) is 23.0 Å². The predicted octanol–water partition coefficient (Wildman–Crippen LogP) is 2.56. The van der Waals surface area contributed by atoms with Crippen molar-refractivity contribution in [3.05, 3.63) is 40.1 Å². The average molecular weight is 275 g/mol. The summed E-state index contributed by atoms with van der Waals surface area (Å²) in [7, 11) is 0. The molecular weight excluding hydrogens is 258 g/mol. The first-order valence-electron chi connectivity index (χ1n) is 6.58. The molecule has 0 radical (unpaired) electrons. The number of carbonyl (C=O) groups excluding carboxylic acids is 1. The summed E-state index contributed by atoms with van der Waals surface area (Å²) in [5.74, 6) is 1.83. The number of imidazole rings is 1. The van der Waals surface area contributed by atoms with Gasteiger partial charge in [-0.1, -0.05) is 0 Å². The van der Waals surface area contributed by atoms with E-state index < -0.39 is 0 Å². The molecule has 1 aliphatic rings. The van der Waals surface area contributed by atoms with E-state index in [1.54, 1.807) is 11.3 Å². The zero-order valence-corrected chi connectivity index (χ0v) is 11.7. The monoisotopic (exact) mass is 275 g/mol. The lowest BCUT2D eigenvalue weighted by atomic mass is 10.3. The predicted molar refractivity (Wildman–Crippen MR) is 75.6 cm³/mol. The Morgan fingerprint density at radius 3 is 3.11 bits per heavy atom. The normalized spacial score (nSPS) is 14.6. The molecule has 2 heterocycles. The fourth-order valence-corrected chi connectivity index (χ4v) is 2.85. The van der Waals surface area contributed by atoms with E-state index >= 15 is 0 Å². The molecule has 0 aromatic carbocycles. The van der Waals surface area contributed by atoms with Gasteiger partial charge in [0.2, 0.25) is 0 Å². The molecule has 1 aliphatic carbocycles. The number of thiophene rings is 1. The second-order valence-corrected chi connectivity index (χ2v) is 5.73. The Morgan fingerprint density at radius 2 is 2.42 bits per heavy atom. The van der Waals surface area contributed by atoms with E-state index in [0.717, 1.165) is 12.1 Å². The molecule has 0 atom stereocenters. The second-order valence-electron chi connectivity index (χ2n) is 4.95. The zero-order valence-electron chi connectivity index (χ0n) is 10.9. The van der Waals surface area contributed by atoms with Gasteiger partial charge in [0.25, 0.3) is 5.91 Å². The molecule has 1 fully saturated rings. The van der Waals surface area contributed by atoms with Gasteiger partial charge in [0.15, 0.2) is 0 Å². The van der Waals surface area contributed by atoms with Gasteiger partial charge in [0.1, 0.15) is 5.82 Å². The van der Waals surface area contributed by atoms with E-state index in [9.17, 15) is 4.79 Å². The highest BCUT2D eigenvalue weighted by atomic mass is 32.1. The first-order valence-corrected chi connectivity index (χ1v) is 7.52. The number of hydrogen-bond donors (Lipinski definition) is 1. The van der Waals surface area contributed by atoms with Crippen molar-refractivity contribution in [2.45, 2.75) is 32.2 Å². The van der Waals surface area contributed by atoms with Crippen molar-refractivity contribution < 1.29 is 4.79 Å². The van der Waals surface area contributed by atoms with Gasteiger partial charge in [0.05, 0.1) is 0 Å². The number of nitrogens with zero attached hydrogens (tertiary/aromatic N) is 2. The maximum atomic E-state index is 11.8. The van der Waals surface area contributed by atoms with Gasteiger partial charge < -0.3 is 9.88 Å². The number of hydrogen-bond acceptors (Lipinski definition) is 3. The molecule has 1 amide bonds. The van der Waals surface area contributed by atoms with Crippen molar-refractivity contribution in [3.63, 3.8) is 0 Å². The Labute approximate surface area is 116 Å². The van der Waals surface area contributed by atoms with E-state index in [-0.39, 0.29) is 5.91 Å². The summed E-state index contributed by atoms with van der Waals surface area (Å²) >= 11 is 1.54. The minimum absolute atomic E-state index is 0.00647. The van der Waals surface area contributed by atoms with Gasteiger partial charge >= 0.3 is 0 Å². The van der Waals surface area contributed by atoms with Gasteiger partial charge in [-0.3, -0.25) is 4.79 Å². The molecule has 0 unspecified atom stereocenters. The lowest BCUT2D eigenvalue weighted by Crippen LogP contribution is -2.27. The van der Waals surface area contributed by atoms with Gasteiger partial charge in [-0.2, -0.15) is 11.3 Å². The summed E-state index contributed by atoms with van der Waals surface area (Å²) in [4.78, 5) is 16.3. The van der Waals surface area contributed by atoms with Crippen LogP contribution in [0.4, 0.5) is 0 Å². The largest absolute Gasteiger partial charge is 0.350 e. The van der Waals surface area contributed by atoms with E-state index in [1.807, 2.05) is 23.0 Å². The first-order chi connectivity index (χ1) is 9.25. The van der Waals surface area contributed by atoms with Crippen LogP contribution in [-0.4, -0.2) is 22.0 Å². The number of amides is 1. The van der Waals surface area contributed by atoms with Crippen LogP contribution >= 0.6 is 11.3 Å². The third-order valence-corrected chi connectivity index (χ3v) is 4.12. The Kier molecular flexibility index (Phi) is 3.38. The summed E-state index contributed by atoms with van der Waals surface area (Å²) in [6.45, 7) is 3.51. The second kappa shape index (κ2) is 5.17. The standard InChI is InChI=1S/C14H17N3OS/c1-10-8-16-13(11-2-3-11)17(10)6-5-15-14(18)12-4-7-19-9-12/h4,7-9,11H,2-3,5-6H2,1H3,(H,15,18). The fourth-order valence-electron chi connectivity index (χ4n) is 2.21. The van der Waals surface area contributed by atoms with Gasteiger partial charge in [0, 0.05) is 41.8 Å². The van der Waals surface area contributed by atoms with E-state index in [0.29, 0.717) is 12.5 Å². The number of carbonyl (C=O) groups is 1. The lowest BCUT2D eigenvalue weighted by molar-refractivity contribution is 0.0952. The van der Waals surface area contributed by atoms with Crippen LogP contribution < -0.4 is 5.32 Å². The van der Waals surface area contributed by atoms with Crippen LogP contribution in [0.3, 0.4) is 0 Å². The van der Waals surface area contributed by atoms with Crippen molar-refractivity contribution in [2.75, 3.05) is 6.54 Å². The molecule has 0 spiro atoms. The smallest absolute Gasteiger partial charge is 0.252 e. The van der Waals surface area contributed by atoms with Crippen LogP contribution in [0.2, 0.25) is 0 Å². The molecule has 4 nitrogen and oxygen atoms in total. The fraction of sp³-hybridized carbons (Fsp3) is 0.429. The highest BCUT2D eigenvalue weighted by molar-refractivity contribution is 7.08. The summed E-state index contributed by atoms with van der Waals surface area (Å²) in [6, 6.07) is 1.85. The maximum Gasteiger partial charge on any atom is 0.252 e. The summed E-state index contributed by atoms with van der Waals surface area (Å²) in [5.41, 5.74) is 1.92. The van der Waals surface area contributed by atoms with Crippen molar-refractivity contribution in [1.29, 1.82) is 0 Å². The molecule has 1 saturated carbocycles. The molecule has 0 bridgehead atoms. The van der Waals surface area contributed by atoms with Crippen molar-refractivity contribution >= 4 is 17.2 Å².